The van der Waals surface area contributed by atoms with Crippen molar-refractivity contribution in [2.45, 2.75) is 46.2 Å². The zero-order valence-corrected chi connectivity index (χ0v) is 17.2. The summed E-state index contributed by atoms with van der Waals surface area (Å²) in [6.45, 7) is 10.4. The predicted octanol–water partition coefficient (Wildman–Crippen LogP) is 2.48. The molecule has 7 nitrogen and oxygen atoms in total. The van der Waals surface area contributed by atoms with E-state index in [2.05, 4.69) is 70.4 Å². The van der Waals surface area contributed by atoms with E-state index in [0.717, 1.165) is 57.5 Å². The zero-order chi connectivity index (χ0) is 19.8. The molecule has 1 aliphatic rings. The van der Waals surface area contributed by atoms with Gasteiger partial charge >= 0.3 is 0 Å². The molecule has 0 aliphatic carbocycles. The SMILES string of the molecule is CCc1nncn1CCNC(=NCC1CCOC1)NC(C)c1ccccc1C. The molecular weight excluding hydrogens is 352 g/mol. The van der Waals surface area contributed by atoms with Crippen molar-refractivity contribution in [2.24, 2.45) is 10.9 Å². The van der Waals surface area contributed by atoms with E-state index in [0.29, 0.717) is 5.92 Å². The lowest BCUT2D eigenvalue weighted by Crippen LogP contribution is -2.40. The molecule has 1 aromatic heterocycles. The summed E-state index contributed by atoms with van der Waals surface area (Å²) >= 11 is 0. The number of aryl methyl sites for hydroxylation is 2. The lowest BCUT2D eigenvalue weighted by Gasteiger charge is -2.21. The second-order valence-corrected chi connectivity index (χ2v) is 7.36. The minimum absolute atomic E-state index is 0.174. The molecule has 28 heavy (non-hydrogen) atoms. The molecule has 1 aliphatic heterocycles. The van der Waals surface area contributed by atoms with E-state index >= 15 is 0 Å². The van der Waals surface area contributed by atoms with Gasteiger partial charge in [-0.05, 0) is 31.4 Å². The minimum Gasteiger partial charge on any atom is -0.381 e. The molecule has 3 rings (SSSR count). The van der Waals surface area contributed by atoms with Crippen LogP contribution >= 0.6 is 0 Å². The lowest BCUT2D eigenvalue weighted by atomic mass is 10.0. The molecule has 1 saturated heterocycles. The van der Waals surface area contributed by atoms with Crippen LogP contribution in [-0.4, -0.2) is 47.0 Å². The standard InChI is InChI=1S/C21H32N6O/c1-4-20-26-24-15-27(20)11-10-22-21(23-13-18-9-12-28-14-18)25-17(3)19-8-6-5-7-16(19)2/h5-8,15,17-18H,4,9-14H2,1-3H3,(H2,22,23,25). The Morgan fingerprint density at radius 2 is 2.25 bits per heavy atom. The first-order valence-electron chi connectivity index (χ1n) is 10.2. The highest BCUT2D eigenvalue weighted by atomic mass is 16.5. The van der Waals surface area contributed by atoms with Crippen molar-refractivity contribution in [3.63, 3.8) is 0 Å². The Labute approximate surface area is 167 Å². The molecule has 152 valence electrons. The van der Waals surface area contributed by atoms with Gasteiger partial charge in [0.05, 0.1) is 12.6 Å². The van der Waals surface area contributed by atoms with Gasteiger partial charge in [0.25, 0.3) is 0 Å². The van der Waals surface area contributed by atoms with Gasteiger partial charge in [0.1, 0.15) is 12.2 Å². The molecule has 0 radical (unpaired) electrons. The third kappa shape index (κ3) is 5.55. The van der Waals surface area contributed by atoms with Gasteiger partial charge in [0.15, 0.2) is 5.96 Å². The van der Waals surface area contributed by atoms with Gasteiger partial charge in [-0.15, -0.1) is 10.2 Å². The largest absolute Gasteiger partial charge is 0.381 e. The van der Waals surface area contributed by atoms with Gasteiger partial charge in [-0.1, -0.05) is 31.2 Å². The normalized spacial score (nSPS) is 18.2. The van der Waals surface area contributed by atoms with Crippen LogP contribution in [0.3, 0.4) is 0 Å². The van der Waals surface area contributed by atoms with E-state index in [-0.39, 0.29) is 6.04 Å². The monoisotopic (exact) mass is 384 g/mol. The number of rotatable bonds is 8. The Morgan fingerprint density at radius 1 is 1.39 bits per heavy atom. The molecule has 0 spiro atoms. The van der Waals surface area contributed by atoms with Gasteiger partial charge < -0.3 is 19.9 Å². The molecule has 7 heteroatoms. The van der Waals surface area contributed by atoms with Crippen LogP contribution in [0.2, 0.25) is 0 Å². The maximum absolute atomic E-state index is 5.48. The maximum atomic E-state index is 5.48. The van der Waals surface area contributed by atoms with Gasteiger partial charge in [0, 0.05) is 38.6 Å². The van der Waals surface area contributed by atoms with Gasteiger partial charge in [0.2, 0.25) is 0 Å². The van der Waals surface area contributed by atoms with Gasteiger partial charge in [-0.2, -0.15) is 0 Å². The minimum atomic E-state index is 0.174. The maximum Gasteiger partial charge on any atom is 0.191 e. The second-order valence-electron chi connectivity index (χ2n) is 7.36. The molecule has 2 unspecified atom stereocenters. The van der Waals surface area contributed by atoms with Crippen LogP contribution in [0.15, 0.2) is 35.6 Å². The molecule has 0 bridgehead atoms. The number of hydrogen-bond donors (Lipinski definition) is 2. The quantitative estimate of drug-likeness (QED) is 0.540. The number of nitrogens with one attached hydrogen (secondary N) is 2. The molecule has 2 atom stereocenters. The molecule has 2 aromatic rings. The van der Waals surface area contributed by atoms with Crippen LogP contribution < -0.4 is 10.6 Å². The Balaban J connectivity index is 1.62. The Hall–Kier alpha value is -2.41. The van der Waals surface area contributed by atoms with Crippen LogP contribution in [0.1, 0.15) is 43.3 Å². The molecule has 0 saturated carbocycles. The van der Waals surface area contributed by atoms with Crippen molar-refractivity contribution in [3.8, 4) is 0 Å². The average Bonchev–Trinajstić information content (AvgIpc) is 3.37. The van der Waals surface area contributed by atoms with Crippen molar-refractivity contribution in [1.82, 2.24) is 25.4 Å². The Morgan fingerprint density at radius 3 is 3.00 bits per heavy atom. The molecule has 1 fully saturated rings. The van der Waals surface area contributed by atoms with E-state index in [1.165, 1.54) is 11.1 Å². The third-order valence-corrected chi connectivity index (χ3v) is 5.20. The average molecular weight is 385 g/mol. The number of benzene rings is 1. The van der Waals surface area contributed by atoms with E-state index in [9.17, 15) is 0 Å². The first-order chi connectivity index (χ1) is 13.7. The summed E-state index contributed by atoms with van der Waals surface area (Å²) in [7, 11) is 0. The number of aliphatic imine (C=N–C) groups is 1. The number of nitrogens with zero attached hydrogens (tertiary/aromatic N) is 4. The number of aromatic nitrogens is 3. The summed E-state index contributed by atoms with van der Waals surface area (Å²) in [6.07, 6.45) is 3.76. The number of hydrogen-bond acceptors (Lipinski definition) is 4. The van der Waals surface area contributed by atoms with E-state index in [1.54, 1.807) is 6.33 Å². The highest BCUT2D eigenvalue weighted by Crippen LogP contribution is 2.17. The number of ether oxygens (including phenoxy) is 1. The van der Waals surface area contributed by atoms with Crippen molar-refractivity contribution >= 4 is 5.96 Å². The highest BCUT2D eigenvalue weighted by Gasteiger charge is 2.16. The third-order valence-electron chi connectivity index (χ3n) is 5.20. The smallest absolute Gasteiger partial charge is 0.191 e. The van der Waals surface area contributed by atoms with E-state index in [4.69, 9.17) is 9.73 Å². The van der Waals surface area contributed by atoms with Gasteiger partial charge in [-0.3, -0.25) is 4.99 Å². The van der Waals surface area contributed by atoms with Crippen LogP contribution in [0.25, 0.3) is 0 Å². The van der Waals surface area contributed by atoms with Crippen molar-refractivity contribution in [3.05, 3.63) is 47.5 Å². The van der Waals surface area contributed by atoms with Crippen LogP contribution in [0.4, 0.5) is 0 Å². The summed E-state index contributed by atoms with van der Waals surface area (Å²) in [5.41, 5.74) is 2.57. The molecule has 0 amide bonds. The zero-order valence-electron chi connectivity index (χ0n) is 17.2. The van der Waals surface area contributed by atoms with Crippen molar-refractivity contribution < 1.29 is 4.74 Å². The second kappa shape index (κ2) is 10.2. The summed E-state index contributed by atoms with van der Waals surface area (Å²) in [5, 5.41) is 15.2. The Bertz CT molecular complexity index is 766. The van der Waals surface area contributed by atoms with Gasteiger partial charge in [-0.25, -0.2) is 0 Å². The number of guanidine groups is 1. The molecule has 2 N–H and O–H groups in total. The summed E-state index contributed by atoms with van der Waals surface area (Å²) in [4.78, 5) is 4.84. The fourth-order valence-corrected chi connectivity index (χ4v) is 3.49. The fourth-order valence-electron chi connectivity index (χ4n) is 3.49. The van der Waals surface area contributed by atoms with E-state index < -0.39 is 0 Å². The fraction of sp³-hybridized carbons (Fsp3) is 0.571. The first kappa shape index (κ1) is 20.3. The van der Waals surface area contributed by atoms with E-state index in [1.807, 2.05) is 0 Å². The van der Waals surface area contributed by atoms with Crippen LogP contribution in [0, 0.1) is 12.8 Å². The molecule has 2 heterocycles. The summed E-state index contributed by atoms with van der Waals surface area (Å²) < 4.78 is 7.57. The molecule has 1 aromatic carbocycles. The Kier molecular flexibility index (Phi) is 7.42. The highest BCUT2D eigenvalue weighted by molar-refractivity contribution is 5.80. The summed E-state index contributed by atoms with van der Waals surface area (Å²) in [6, 6.07) is 8.64. The summed E-state index contributed by atoms with van der Waals surface area (Å²) in [5.74, 6) is 2.36. The predicted molar refractivity (Wildman–Crippen MR) is 111 cm³/mol. The van der Waals surface area contributed by atoms with Crippen LogP contribution in [-0.2, 0) is 17.7 Å². The van der Waals surface area contributed by atoms with Crippen LogP contribution in [0.5, 0.6) is 0 Å². The topological polar surface area (TPSA) is 76.4 Å². The first-order valence-corrected chi connectivity index (χ1v) is 10.2. The van der Waals surface area contributed by atoms with Crippen molar-refractivity contribution in [1.29, 1.82) is 0 Å². The lowest BCUT2D eigenvalue weighted by molar-refractivity contribution is 0.187. The molecular formula is C21H32N6O. The van der Waals surface area contributed by atoms with Crippen molar-refractivity contribution in [2.75, 3.05) is 26.3 Å².